The molecular formula is C28H28F3N5O3. The summed E-state index contributed by atoms with van der Waals surface area (Å²) in [6.07, 6.45) is -0.326. The zero-order chi connectivity index (χ0) is 27.1. The molecule has 1 saturated heterocycles. The molecule has 2 aromatic carbocycles. The van der Waals surface area contributed by atoms with E-state index < -0.39 is 12.5 Å². The van der Waals surface area contributed by atoms with Gasteiger partial charge in [-0.2, -0.15) is 0 Å². The van der Waals surface area contributed by atoms with Crippen LogP contribution in [0.25, 0.3) is 10.9 Å². The molecule has 1 aliphatic carbocycles. The Bertz CT molecular complexity index is 1470. The summed E-state index contributed by atoms with van der Waals surface area (Å²) in [5.74, 6) is 1.08. The predicted octanol–water partition coefficient (Wildman–Crippen LogP) is 5.18. The predicted molar refractivity (Wildman–Crippen MR) is 137 cm³/mol. The van der Waals surface area contributed by atoms with Crippen LogP contribution in [0.5, 0.6) is 11.6 Å². The maximum atomic E-state index is 13.1. The zero-order valence-corrected chi connectivity index (χ0v) is 21.3. The third kappa shape index (κ3) is 5.88. The molecule has 1 N–H and O–H groups in total. The Morgan fingerprint density at radius 2 is 1.95 bits per heavy atom. The molecule has 1 saturated carbocycles. The number of halogens is 3. The fourth-order valence-electron chi connectivity index (χ4n) is 5.71. The highest BCUT2D eigenvalue weighted by Gasteiger charge is 2.56. The van der Waals surface area contributed by atoms with E-state index in [0.717, 1.165) is 25.2 Å². The maximum absolute atomic E-state index is 13.1. The summed E-state index contributed by atoms with van der Waals surface area (Å²) in [5, 5.41) is 1.20. The maximum Gasteiger partial charge on any atom is 0.573 e. The molecule has 39 heavy (non-hydrogen) atoms. The summed E-state index contributed by atoms with van der Waals surface area (Å²) in [6.45, 7) is 3.31. The van der Waals surface area contributed by atoms with E-state index in [1.54, 1.807) is 28.8 Å². The molecule has 0 spiro atoms. The van der Waals surface area contributed by atoms with Crippen molar-refractivity contribution >= 4 is 17.0 Å². The van der Waals surface area contributed by atoms with Crippen molar-refractivity contribution in [2.75, 3.05) is 19.6 Å². The van der Waals surface area contributed by atoms with Crippen LogP contribution in [0.15, 0.2) is 67.3 Å². The van der Waals surface area contributed by atoms with Gasteiger partial charge in [-0.25, -0.2) is 9.78 Å². The molecule has 11 heteroatoms. The van der Waals surface area contributed by atoms with Crippen LogP contribution in [0.4, 0.5) is 18.0 Å². The Balaban J connectivity index is 1.11. The molecule has 2 fully saturated rings. The van der Waals surface area contributed by atoms with E-state index in [1.165, 1.54) is 35.5 Å². The number of ether oxygens (including phenoxy) is 2. The minimum Gasteiger partial charge on any atom is -0.406 e. The highest BCUT2D eigenvalue weighted by atomic mass is 19.4. The van der Waals surface area contributed by atoms with Crippen molar-refractivity contribution in [3.05, 3.63) is 78.4 Å². The van der Waals surface area contributed by atoms with Crippen molar-refractivity contribution in [3.8, 4) is 11.6 Å². The summed E-state index contributed by atoms with van der Waals surface area (Å²) >= 11 is 0. The SMILES string of the molecule is Cn1cnc(OC(=O)N(Cc2cccc(OC(F)(F)F)c2)CC2C3CN(Cc4ccc5[nH]ccc5c4)CC32)c1. The average Bonchev–Trinajstić information content (AvgIpc) is 3.32. The van der Waals surface area contributed by atoms with E-state index >= 15 is 0 Å². The Morgan fingerprint density at radius 3 is 2.69 bits per heavy atom. The van der Waals surface area contributed by atoms with Crippen molar-refractivity contribution < 1.29 is 27.4 Å². The van der Waals surface area contributed by atoms with Crippen LogP contribution in [-0.4, -0.2) is 56.4 Å². The third-order valence-corrected chi connectivity index (χ3v) is 7.54. The molecule has 0 bridgehead atoms. The highest BCUT2D eigenvalue weighted by Crippen LogP contribution is 2.52. The number of hydrogen-bond donors (Lipinski definition) is 1. The van der Waals surface area contributed by atoms with Crippen molar-refractivity contribution in [3.63, 3.8) is 0 Å². The topological polar surface area (TPSA) is 75.6 Å². The first-order valence-electron chi connectivity index (χ1n) is 12.8. The number of nitrogens with one attached hydrogen (secondary N) is 1. The first-order chi connectivity index (χ1) is 18.7. The quantitative estimate of drug-likeness (QED) is 0.334. The number of aromatic nitrogens is 3. The number of carbonyl (C=O) groups is 1. The number of aryl methyl sites for hydroxylation is 1. The zero-order valence-electron chi connectivity index (χ0n) is 21.3. The smallest absolute Gasteiger partial charge is 0.406 e. The van der Waals surface area contributed by atoms with Gasteiger partial charge < -0.3 is 23.9 Å². The summed E-state index contributed by atoms with van der Waals surface area (Å²) in [7, 11) is 1.77. The fraction of sp³-hybridized carbons (Fsp3) is 0.357. The number of piperidine rings is 1. The van der Waals surface area contributed by atoms with Gasteiger partial charge in [0.05, 0.1) is 12.5 Å². The number of H-pyrrole nitrogens is 1. The Labute approximate surface area is 222 Å². The van der Waals surface area contributed by atoms with Crippen LogP contribution in [-0.2, 0) is 20.1 Å². The lowest BCUT2D eigenvalue weighted by atomic mass is 10.1. The van der Waals surface area contributed by atoms with Gasteiger partial charge in [-0.05, 0) is 64.6 Å². The number of likely N-dealkylation sites (tertiary alicyclic amines) is 1. The van der Waals surface area contributed by atoms with Crippen molar-refractivity contribution in [1.29, 1.82) is 0 Å². The molecule has 4 aromatic rings. The molecule has 0 radical (unpaired) electrons. The number of imidazole rings is 1. The number of fused-ring (bicyclic) bond motifs is 2. The second-order valence-corrected chi connectivity index (χ2v) is 10.4. The standard InChI is InChI=1S/C28H28F3N5O3/c1-34-16-26(33-17-34)38-27(37)36(12-18-3-2-4-21(10-18)39-28(29,30)31)15-24-22-13-35(14-23(22)24)11-19-5-6-25-20(9-19)7-8-32-25/h2-10,16-17,22-24,32H,11-15H2,1H3. The van der Waals surface area contributed by atoms with Gasteiger partial charge in [-0.1, -0.05) is 18.2 Å². The third-order valence-electron chi connectivity index (χ3n) is 7.54. The Morgan fingerprint density at radius 1 is 1.13 bits per heavy atom. The van der Waals surface area contributed by atoms with E-state index in [4.69, 9.17) is 4.74 Å². The van der Waals surface area contributed by atoms with Crippen LogP contribution in [0, 0.1) is 17.8 Å². The van der Waals surface area contributed by atoms with Crippen LogP contribution < -0.4 is 9.47 Å². The van der Waals surface area contributed by atoms with E-state index in [1.807, 2.05) is 6.20 Å². The molecule has 1 aliphatic heterocycles. The van der Waals surface area contributed by atoms with Gasteiger partial charge in [0.15, 0.2) is 0 Å². The minimum absolute atomic E-state index is 0.0943. The van der Waals surface area contributed by atoms with Crippen molar-refractivity contribution in [2.24, 2.45) is 24.8 Å². The molecule has 3 heterocycles. The second kappa shape index (κ2) is 9.96. The average molecular weight is 540 g/mol. The van der Waals surface area contributed by atoms with E-state index in [-0.39, 0.29) is 18.2 Å². The number of aromatic amines is 1. The lowest BCUT2D eigenvalue weighted by Gasteiger charge is -2.25. The number of hydrogen-bond acceptors (Lipinski definition) is 5. The normalized spacial score (nSPS) is 20.7. The molecular weight excluding hydrogens is 511 g/mol. The Hall–Kier alpha value is -3.99. The first kappa shape index (κ1) is 25.3. The second-order valence-electron chi connectivity index (χ2n) is 10.4. The van der Waals surface area contributed by atoms with E-state index in [0.29, 0.717) is 29.9 Å². The first-order valence-corrected chi connectivity index (χ1v) is 12.8. The molecule has 2 unspecified atom stereocenters. The number of benzene rings is 2. The summed E-state index contributed by atoms with van der Waals surface area (Å²) in [4.78, 5) is 24.4. The van der Waals surface area contributed by atoms with E-state index in [9.17, 15) is 18.0 Å². The largest absolute Gasteiger partial charge is 0.573 e. The lowest BCUT2D eigenvalue weighted by molar-refractivity contribution is -0.274. The fourth-order valence-corrected chi connectivity index (χ4v) is 5.71. The minimum atomic E-state index is -4.79. The van der Waals surface area contributed by atoms with Crippen LogP contribution in [0.1, 0.15) is 11.1 Å². The molecule has 8 nitrogen and oxygen atoms in total. The number of nitrogens with zero attached hydrogens (tertiary/aromatic N) is 4. The van der Waals surface area contributed by atoms with Crippen LogP contribution >= 0.6 is 0 Å². The lowest BCUT2D eigenvalue weighted by Crippen LogP contribution is -2.36. The van der Waals surface area contributed by atoms with Gasteiger partial charge in [0.2, 0.25) is 5.88 Å². The van der Waals surface area contributed by atoms with Gasteiger partial charge in [0.25, 0.3) is 0 Å². The molecule has 6 rings (SSSR count). The van der Waals surface area contributed by atoms with Gasteiger partial charge in [-0.3, -0.25) is 4.90 Å². The van der Waals surface area contributed by atoms with Crippen LogP contribution in [0.2, 0.25) is 0 Å². The van der Waals surface area contributed by atoms with Gasteiger partial charge in [-0.15, -0.1) is 13.2 Å². The summed E-state index contributed by atoms with van der Waals surface area (Å²) in [6, 6.07) is 14.2. The Kier molecular flexibility index (Phi) is 6.46. The van der Waals surface area contributed by atoms with Crippen molar-refractivity contribution in [1.82, 2.24) is 24.3 Å². The monoisotopic (exact) mass is 539 g/mol. The van der Waals surface area contributed by atoms with Gasteiger partial charge >= 0.3 is 12.5 Å². The number of alkyl halides is 3. The van der Waals surface area contributed by atoms with Gasteiger partial charge in [0, 0.05) is 51.5 Å². The molecule has 2 atom stereocenters. The molecule has 2 aliphatic rings. The number of amides is 1. The molecule has 2 aromatic heterocycles. The van der Waals surface area contributed by atoms with Crippen molar-refractivity contribution in [2.45, 2.75) is 19.5 Å². The molecule has 1 amide bonds. The van der Waals surface area contributed by atoms with Crippen LogP contribution in [0.3, 0.4) is 0 Å². The van der Waals surface area contributed by atoms with Gasteiger partial charge in [0.1, 0.15) is 5.75 Å². The molecule has 204 valence electrons. The highest BCUT2D eigenvalue weighted by molar-refractivity contribution is 5.79. The number of carbonyl (C=O) groups excluding carboxylic acids is 1. The summed E-state index contributed by atoms with van der Waals surface area (Å²) < 4.78 is 49.4. The number of rotatable bonds is 8. The van der Waals surface area contributed by atoms with E-state index in [2.05, 4.69) is 43.9 Å². The summed E-state index contributed by atoms with van der Waals surface area (Å²) in [5.41, 5.74) is 2.90.